The molecule has 2 heterocycles. The summed E-state index contributed by atoms with van der Waals surface area (Å²) in [6.07, 6.45) is 2.30. The van der Waals surface area contributed by atoms with Gasteiger partial charge in [0.25, 0.3) is 0 Å². The Labute approximate surface area is 166 Å². The minimum atomic E-state index is -2.08. The second-order valence-electron chi connectivity index (χ2n) is 7.09. The van der Waals surface area contributed by atoms with E-state index in [4.69, 9.17) is 27.9 Å². The second-order valence-corrected chi connectivity index (χ2v) is 7.93. The molecule has 1 aromatic carbocycles. The molecular formula is C20H18Cl2FNO3. The van der Waals surface area contributed by atoms with E-state index in [1.165, 1.54) is 0 Å². The van der Waals surface area contributed by atoms with E-state index in [1.54, 1.807) is 30.5 Å². The Morgan fingerprint density at radius 2 is 2.11 bits per heavy atom. The van der Waals surface area contributed by atoms with Crippen molar-refractivity contribution < 1.29 is 19.0 Å². The number of carbonyl (C=O) groups is 1. The Balaban J connectivity index is 1.59. The molecule has 142 valence electrons. The largest absolute Gasteiger partial charge is 0.392 e. The number of aromatic nitrogens is 1. The highest BCUT2D eigenvalue weighted by molar-refractivity contribution is 6.35. The molecule has 1 saturated heterocycles. The van der Waals surface area contributed by atoms with Gasteiger partial charge in [0.15, 0.2) is 11.5 Å². The maximum Gasteiger partial charge on any atom is 0.195 e. The van der Waals surface area contributed by atoms with Gasteiger partial charge in [-0.25, -0.2) is 4.39 Å². The first kappa shape index (κ1) is 18.8. The molecule has 27 heavy (non-hydrogen) atoms. The average Bonchev–Trinajstić information content (AvgIpc) is 3.44. The van der Waals surface area contributed by atoms with Crippen LogP contribution in [-0.2, 0) is 33.8 Å². The Kier molecular flexibility index (Phi) is 4.75. The first-order valence-corrected chi connectivity index (χ1v) is 9.55. The van der Waals surface area contributed by atoms with Gasteiger partial charge < -0.3 is 9.84 Å². The second kappa shape index (κ2) is 6.82. The minimum Gasteiger partial charge on any atom is -0.392 e. The summed E-state index contributed by atoms with van der Waals surface area (Å²) in [7, 11) is 0. The number of Topliss-reactive ketones (excluding diaryl/α,β-unsaturated/α-hetero) is 1. The van der Waals surface area contributed by atoms with Crippen molar-refractivity contribution in [1.82, 2.24) is 4.98 Å². The fraction of sp³-hybridized carbons (Fsp3) is 0.400. The summed E-state index contributed by atoms with van der Waals surface area (Å²) in [6.45, 7) is 0.263. The molecule has 0 amide bonds. The third kappa shape index (κ3) is 3.17. The lowest BCUT2D eigenvalue weighted by Gasteiger charge is -2.33. The zero-order chi connectivity index (χ0) is 19.2. The van der Waals surface area contributed by atoms with Crippen molar-refractivity contribution in [1.29, 1.82) is 0 Å². The molecule has 2 atom stereocenters. The van der Waals surface area contributed by atoms with Crippen molar-refractivity contribution in [3.63, 3.8) is 0 Å². The van der Waals surface area contributed by atoms with Gasteiger partial charge in [-0.15, -0.1) is 0 Å². The van der Waals surface area contributed by atoms with Gasteiger partial charge in [-0.2, -0.15) is 0 Å². The van der Waals surface area contributed by atoms with Gasteiger partial charge in [0.1, 0.15) is 5.60 Å². The van der Waals surface area contributed by atoms with Crippen LogP contribution in [0.3, 0.4) is 0 Å². The van der Waals surface area contributed by atoms with Crippen LogP contribution < -0.4 is 0 Å². The molecule has 0 bridgehead atoms. The summed E-state index contributed by atoms with van der Waals surface area (Å²) in [5.41, 5.74) is -0.597. The number of pyridine rings is 1. The molecule has 7 heteroatoms. The van der Waals surface area contributed by atoms with Crippen LogP contribution >= 0.6 is 23.2 Å². The number of benzene rings is 1. The third-order valence-electron chi connectivity index (χ3n) is 5.50. The zero-order valence-corrected chi connectivity index (χ0v) is 16.0. The van der Waals surface area contributed by atoms with Gasteiger partial charge in [-0.3, -0.25) is 9.78 Å². The molecule has 1 N–H and O–H groups in total. The minimum absolute atomic E-state index is 0.0347. The number of hydrogen-bond donors (Lipinski definition) is 1. The molecule has 4 nitrogen and oxygen atoms in total. The fourth-order valence-electron chi connectivity index (χ4n) is 3.89. The van der Waals surface area contributed by atoms with E-state index in [0.29, 0.717) is 45.5 Å². The van der Waals surface area contributed by atoms with E-state index in [9.17, 15) is 9.90 Å². The summed E-state index contributed by atoms with van der Waals surface area (Å²) in [5.74, 6) is -0.512. The highest BCUT2D eigenvalue weighted by Crippen LogP contribution is 2.53. The molecule has 2 aliphatic rings. The smallest absolute Gasteiger partial charge is 0.195 e. The standard InChI is InChI=1S/C20H18Cl2FNO3/c21-13-8-12(10-25)14(16(22)9-13)3-4-17(26)20(23)6-5-19(11-27-19)18-15(20)2-1-7-24-18/h1-2,7-9,25H,3-6,10-11H2/t19-,20-/m0/s1. The van der Waals surface area contributed by atoms with Crippen LogP contribution in [0.25, 0.3) is 0 Å². The Hall–Kier alpha value is -1.53. The van der Waals surface area contributed by atoms with Crippen LogP contribution in [0.4, 0.5) is 4.39 Å². The monoisotopic (exact) mass is 409 g/mol. The van der Waals surface area contributed by atoms with Crippen molar-refractivity contribution in [2.75, 3.05) is 6.61 Å². The molecule has 1 fully saturated rings. The number of aliphatic hydroxyl groups is 1. The summed E-state index contributed by atoms with van der Waals surface area (Å²) in [4.78, 5) is 17.2. The highest BCUT2D eigenvalue weighted by Gasteiger charge is 2.58. The van der Waals surface area contributed by atoms with Crippen LogP contribution in [0.1, 0.15) is 41.6 Å². The lowest BCUT2D eigenvalue weighted by Crippen LogP contribution is -2.39. The van der Waals surface area contributed by atoms with Crippen molar-refractivity contribution >= 4 is 29.0 Å². The van der Waals surface area contributed by atoms with E-state index < -0.39 is 17.1 Å². The molecule has 0 unspecified atom stereocenters. The summed E-state index contributed by atoms with van der Waals surface area (Å²) >= 11 is 12.2. The van der Waals surface area contributed by atoms with Crippen molar-refractivity contribution in [2.24, 2.45) is 0 Å². The third-order valence-corrected chi connectivity index (χ3v) is 6.05. The lowest BCUT2D eigenvalue weighted by atomic mass is 9.74. The fourth-order valence-corrected chi connectivity index (χ4v) is 4.52. The molecule has 0 saturated carbocycles. The number of halogens is 3. The molecule has 1 aliphatic carbocycles. The maximum absolute atomic E-state index is 15.8. The number of ketones is 1. The number of hydrogen-bond acceptors (Lipinski definition) is 4. The summed E-state index contributed by atoms with van der Waals surface area (Å²) in [6, 6.07) is 6.42. The molecule has 4 rings (SSSR count). The molecular weight excluding hydrogens is 392 g/mol. The summed E-state index contributed by atoms with van der Waals surface area (Å²) < 4.78 is 21.4. The Morgan fingerprint density at radius 3 is 2.81 bits per heavy atom. The number of carbonyl (C=O) groups excluding carboxylic acids is 1. The zero-order valence-electron chi connectivity index (χ0n) is 14.5. The van der Waals surface area contributed by atoms with Crippen molar-refractivity contribution in [2.45, 2.75) is 43.6 Å². The molecule has 1 aliphatic heterocycles. The van der Waals surface area contributed by atoms with Crippen LogP contribution in [0.2, 0.25) is 10.0 Å². The van der Waals surface area contributed by atoms with Crippen molar-refractivity contribution in [3.8, 4) is 0 Å². The van der Waals surface area contributed by atoms with Crippen LogP contribution in [0.5, 0.6) is 0 Å². The van der Waals surface area contributed by atoms with Gasteiger partial charge >= 0.3 is 0 Å². The van der Waals surface area contributed by atoms with Gasteiger partial charge in [-0.05, 0) is 48.6 Å². The number of ether oxygens (including phenoxy) is 1. The Bertz CT molecular complexity index is 916. The predicted molar refractivity (Wildman–Crippen MR) is 99.6 cm³/mol. The van der Waals surface area contributed by atoms with E-state index in [2.05, 4.69) is 4.98 Å². The first-order chi connectivity index (χ1) is 12.9. The lowest BCUT2D eigenvalue weighted by molar-refractivity contribution is -0.132. The highest BCUT2D eigenvalue weighted by atomic mass is 35.5. The topological polar surface area (TPSA) is 62.7 Å². The number of nitrogens with zero attached hydrogens (tertiary/aromatic N) is 1. The predicted octanol–water partition coefficient (Wildman–Crippen LogP) is 4.27. The van der Waals surface area contributed by atoms with Crippen LogP contribution in [-0.4, -0.2) is 22.5 Å². The van der Waals surface area contributed by atoms with Gasteiger partial charge in [0.2, 0.25) is 0 Å². The number of aliphatic hydroxyl groups excluding tert-OH is 1. The van der Waals surface area contributed by atoms with Crippen LogP contribution in [0, 0.1) is 0 Å². The van der Waals surface area contributed by atoms with E-state index in [0.717, 1.165) is 0 Å². The number of fused-ring (bicyclic) bond motifs is 2. The average molecular weight is 410 g/mol. The van der Waals surface area contributed by atoms with Gasteiger partial charge in [-0.1, -0.05) is 29.3 Å². The Morgan fingerprint density at radius 1 is 1.33 bits per heavy atom. The number of rotatable bonds is 5. The first-order valence-electron chi connectivity index (χ1n) is 8.79. The molecule has 1 aromatic heterocycles. The molecule has 2 aromatic rings. The normalized spacial score (nSPS) is 26.1. The molecule has 0 radical (unpaired) electrons. The van der Waals surface area contributed by atoms with E-state index >= 15 is 4.39 Å². The van der Waals surface area contributed by atoms with Crippen LogP contribution in [0.15, 0.2) is 30.5 Å². The van der Waals surface area contributed by atoms with E-state index in [1.807, 2.05) is 0 Å². The van der Waals surface area contributed by atoms with Crippen molar-refractivity contribution in [3.05, 3.63) is 62.9 Å². The van der Waals surface area contributed by atoms with Gasteiger partial charge in [0, 0.05) is 28.2 Å². The number of epoxide rings is 1. The SMILES string of the molecule is O=C(CCc1c(Cl)cc(Cl)cc1CO)[C@]1(F)CC[C@]2(CO2)c2ncccc21. The van der Waals surface area contributed by atoms with E-state index in [-0.39, 0.29) is 25.9 Å². The number of alkyl halides is 1. The quantitative estimate of drug-likeness (QED) is 0.748. The maximum atomic E-state index is 15.8. The molecule has 1 spiro atoms. The van der Waals surface area contributed by atoms with Gasteiger partial charge in [0.05, 0.1) is 18.9 Å². The summed E-state index contributed by atoms with van der Waals surface area (Å²) in [5, 5.41) is 10.3.